The Morgan fingerprint density at radius 1 is 1.35 bits per heavy atom. The van der Waals surface area contributed by atoms with Gasteiger partial charge in [0.2, 0.25) is 0 Å². The van der Waals surface area contributed by atoms with Crippen LogP contribution in [0.4, 0.5) is 5.69 Å². The Morgan fingerprint density at radius 2 is 2.00 bits per heavy atom. The molecule has 0 fully saturated rings. The zero-order chi connectivity index (χ0) is 13.1. The topological polar surface area (TPSA) is 52.5 Å². The molecule has 0 aliphatic heterocycles. The Hall–Kier alpha value is -0.930. The van der Waals surface area contributed by atoms with Crippen LogP contribution in [0.1, 0.15) is 26.3 Å². The number of hydrogen-bond donors (Lipinski definition) is 3. The van der Waals surface area contributed by atoms with Crippen molar-refractivity contribution < 1.29 is 10.2 Å². The van der Waals surface area contributed by atoms with Crippen molar-refractivity contribution in [3.8, 4) is 5.75 Å². The van der Waals surface area contributed by atoms with Gasteiger partial charge in [-0.15, -0.1) is 11.6 Å². The maximum Gasteiger partial charge on any atom is 0.138 e. The Labute approximate surface area is 107 Å². The average Bonchev–Trinajstić information content (AvgIpc) is 2.26. The van der Waals surface area contributed by atoms with Crippen LogP contribution in [0.25, 0.3) is 0 Å². The minimum atomic E-state index is -0.616. The number of rotatable bonds is 4. The number of hydrogen-bond acceptors (Lipinski definition) is 3. The standard InChI is InChI=1S/C13H20ClNO2/c1-13(2,3)9-4-5-12(17)11(6-9)15-8-10(16)7-14/h4-6,10,15-17H,7-8H2,1-3H3. The molecule has 96 valence electrons. The minimum absolute atomic E-state index is 0.0230. The highest BCUT2D eigenvalue weighted by atomic mass is 35.5. The zero-order valence-corrected chi connectivity index (χ0v) is 11.3. The molecule has 0 bridgehead atoms. The number of aliphatic hydroxyl groups excluding tert-OH is 1. The van der Waals surface area contributed by atoms with Crippen LogP contribution in [0.3, 0.4) is 0 Å². The Balaban J connectivity index is 2.84. The Bertz CT molecular complexity index is 374. The molecule has 3 N–H and O–H groups in total. The van der Waals surface area contributed by atoms with Crippen molar-refractivity contribution in [2.75, 3.05) is 17.7 Å². The molecule has 0 heterocycles. The lowest BCUT2D eigenvalue weighted by molar-refractivity contribution is 0.211. The first-order valence-electron chi connectivity index (χ1n) is 5.66. The van der Waals surface area contributed by atoms with E-state index in [1.807, 2.05) is 12.1 Å². The van der Waals surface area contributed by atoms with Gasteiger partial charge in [-0.25, -0.2) is 0 Å². The molecule has 1 unspecified atom stereocenters. The van der Waals surface area contributed by atoms with Crippen LogP contribution in [0.2, 0.25) is 0 Å². The molecule has 0 amide bonds. The third kappa shape index (κ3) is 4.10. The highest BCUT2D eigenvalue weighted by molar-refractivity contribution is 6.18. The molecular weight excluding hydrogens is 238 g/mol. The van der Waals surface area contributed by atoms with Crippen LogP contribution < -0.4 is 5.32 Å². The van der Waals surface area contributed by atoms with Crippen LogP contribution >= 0.6 is 11.6 Å². The van der Waals surface area contributed by atoms with Gasteiger partial charge in [0.05, 0.1) is 17.7 Å². The van der Waals surface area contributed by atoms with Crippen molar-refractivity contribution in [3.63, 3.8) is 0 Å². The second-order valence-electron chi connectivity index (χ2n) is 5.17. The van der Waals surface area contributed by atoms with Crippen molar-refractivity contribution in [2.45, 2.75) is 32.3 Å². The molecule has 1 rings (SSSR count). The molecule has 0 spiro atoms. The summed E-state index contributed by atoms with van der Waals surface area (Å²) in [6.45, 7) is 6.65. The smallest absolute Gasteiger partial charge is 0.138 e. The predicted octanol–water partition coefficient (Wildman–Crippen LogP) is 2.70. The van der Waals surface area contributed by atoms with Crippen LogP contribution in [-0.2, 0) is 5.41 Å². The SMILES string of the molecule is CC(C)(C)c1ccc(O)c(NCC(O)CCl)c1. The summed E-state index contributed by atoms with van der Waals surface area (Å²) >= 11 is 5.51. The summed E-state index contributed by atoms with van der Waals surface area (Å²) in [4.78, 5) is 0. The van der Waals surface area contributed by atoms with Crippen LogP contribution in [0.15, 0.2) is 18.2 Å². The van der Waals surface area contributed by atoms with Crippen molar-refractivity contribution in [1.29, 1.82) is 0 Å². The molecule has 4 heteroatoms. The number of phenolic OH excluding ortho intramolecular Hbond substituents is 1. The summed E-state index contributed by atoms with van der Waals surface area (Å²) < 4.78 is 0. The van der Waals surface area contributed by atoms with E-state index in [0.29, 0.717) is 12.2 Å². The van der Waals surface area contributed by atoms with Gasteiger partial charge in [0.1, 0.15) is 5.75 Å². The second-order valence-corrected chi connectivity index (χ2v) is 5.48. The highest BCUT2D eigenvalue weighted by Crippen LogP contribution is 2.30. The molecule has 3 nitrogen and oxygen atoms in total. The fraction of sp³-hybridized carbons (Fsp3) is 0.538. The molecule has 17 heavy (non-hydrogen) atoms. The van der Waals surface area contributed by atoms with E-state index >= 15 is 0 Å². The Morgan fingerprint density at radius 3 is 2.53 bits per heavy atom. The van der Waals surface area contributed by atoms with Crippen molar-refractivity contribution in [2.24, 2.45) is 0 Å². The molecule has 0 aliphatic rings. The summed E-state index contributed by atoms with van der Waals surface area (Å²) in [5.74, 6) is 0.354. The number of phenols is 1. The number of nitrogens with one attached hydrogen (secondary N) is 1. The van der Waals surface area contributed by atoms with Gasteiger partial charge in [-0.1, -0.05) is 26.8 Å². The van der Waals surface area contributed by atoms with Gasteiger partial charge in [0.25, 0.3) is 0 Å². The van der Waals surface area contributed by atoms with Gasteiger partial charge in [0.15, 0.2) is 0 Å². The van der Waals surface area contributed by atoms with Crippen molar-refractivity contribution in [3.05, 3.63) is 23.8 Å². The van der Waals surface area contributed by atoms with E-state index in [0.717, 1.165) is 5.56 Å². The minimum Gasteiger partial charge on any atom is -0.506 e. The number of alkyl halides is 1. The van der Waals surface area contributed by atoms with Crippen LogP contribution in [0, 0.1) is 0 Å². The molecular formula is C13H20ClNO2. The van der Waals surface area contributed by atoms with E-state index in [2.05, 4.69) is 26.1 Å². The first-order chi connectivity index (χ1) is 7.84. The van der Waals surface area contributed by atoms with Gasteiger partial charge in [-0.05, 0) is 23.1 Å². The predicted molar refractivity (Wildman–Crippen MR) is 72.0 cm³/mol. The summed E-state index contributed by atoms with van der Waals surface area (Å²) in [6, 6.07) is 5.46. The third-order valence-electron chi connectivity index (χ3n) is 2.57. The van der Waals surface area contributed by atoms with E-state index in [1.54, 1.807) is 6.07 Å². The molecule has 1 atom stereocenters. The largest absolute Gasteiger partial charge is 0.506 e. The Kier molecular flexibility index (Phi) is 4.66. The van der Waals surface area contributed by atoms with E-state index in [4.69, 9.17) is 11.6 Å². The maximum absolute atomic E-state index is 9.71. The normalized spacial score (nSPS) is 13.5. The lowest BCUT2D eigenvalue weighted by Gasteiger charge is -2.21. The quantitative estimate of drug-likeness (QED) is 0.574. The second kappa shape index (κ2) is 5.61. The molecule has 0 radical (unpaired) electrons. The average molecular weight is 258 g/mol. The van der Waals surface area contributed by atoms with E-state index < -0.39 is 6.10 Å². The lowest BCUT2D eigenvalue weighted by atomic mass is 9.87. The van der Waals surface area contributed by atoms with Gasteiger partial charge in [-0.2, -0.15) is 0 Å². The van der Waals surface area contributed by atoms with Gasteiger partial charge >= 0.3 is 0 Å². The zero-order valence-electron chi connectivity index (χ0n) is 10.5. The lowest BCUT2D eigenvalue weighted by Crippen LogP contribution is -2.21. The summed E-state index contributed by atoms with van der Waals surface area (Å²) in [5, 5.41) is 22.1. The summed E-state index contributed by atoms with van der Waals surface area (Å²) in [7, 11) is 0. The monoisotopic (exact) mass is 257 g/mol. The van der Waals surface area contributed by atoms with Gasteiger partial charge in [0, 0.05) is 6.54 Å². The molecule has 0 saturated heterocycles. The summed E-state index contributed by atoms with van der Waals surface area (Å²) in [6.07, 6.45) is -0.616. The van der Waals surface area contributed by atoms with E-state index in [-0.39, 0.29) is 17.0 Å². The highest BCUT2D eigenvalue weighted by Gasteiger charge is 2.15. The molecule has 1 aromatic carbocycles. The van der Waals surface area contributed by atoms with E-state index in [1.165, 1.54) is 0 Å². The fourth-order valence-electron chi connectivity index (χ4n) is 1.43. The van der Waals surface area contributed by atoms with Gasteiger partial charge in [-0.3, -0.25) is 0 Å². The number of halogens is 1. The van der Waals surface area contributed by atoms with Crippen molar-refractivity contribution in [1.82, 2.24) is 0 Å². The molecule has 1 aromatic rings. The first-order valence-corrected chi connectivity index (χ1v) is 6.19. The van der Waals surface area contributed by atoms with Crippen molar-refractivity contribution >= 4 is 17.3 Å². The van der Waals surface area contributed by atoms with Gasteiger partial charge < -0.3 is 15.5 Å². The summed E-state index contributed by atoms with van der Waals surface area (Å²) in [5.41, 5.74) is 1.77. The number of benzene rings is 1. The maximum atomic E-state index is 9.71. The molecule has 0 saturated carbocycles. The number of aliphatic hydroxyl groups is 1. The van der Waals surface area contributed by atoms with E-state index in [9.17, 15) is 10.2 Å². The van der Waals surface area contributed by atoms with Crippen LogP contribution in [0.5, 0.6) is 5.75 Å². The third-order valence-corrected chi connectivity index (χ3v) is 2.93. The fourth-order valence-corrected chi connectivity index (χ4v) is 1.54. The van der Waals surface area contributed by atoms with Crippen LogP contribution in [-0.4, -0.2) is 28.7 Å². The number of aromatic hydroxyl groups is 1. The first kappa shape index (κ1) is 14.1. The molecule has 0 aromatic heterocycles. The number of anilines is 1. The molecule has 0 aliphatic carbocycles.